The molecule has 0 aliphatic heterocycles. The van der Waals surface area contributed by atoms with E-state index in [2.05, 4.69) is 47.7 Å². The van der Waals surface area contributed by atoms with Crippen molar-refractivity contribution in [2.24, 2.45) is 0 Å². The van der Waals surface area contributed by atoms with Gasteiger partial charge in [-0.25, -0.2) is 4.98 Å². The highest BCUT2D eigenvalue weighted by molar-refractivity contribution is 5.94. The van der Waals surface area contributed by atoms with E-state index in [1.54, 1.807) is 25.4 Å². The van der Waals surface area contributed by atoms with Crippen molar-refractivity contribution in [3.63, 3.8) is 0 Å². The van der Waals surface area contributed by atoms with Gasteiger partial charge in [0.15, 0.2) is 0 Å². The van der Waals surface area contributed by atoms with Crippen LogP contribution in [0.3, 0.4) is 0 Å². The predicted octanol–water partition coefficient (Wildman–Crippen LogP) is 4.38. The topological polar surface area (TPSA) is 63.2 Å². The van der Waals surface area contributed by atoms with E-state index in [9.17, 15) is 4.79 Å². The zero-order valence-electron chi connectivity index (χ0n) is 15.7. The van der Waals surface area contributed by atoms with Crippen LogP contribution in [0.1, 0.15) is 27.0 Å². The van der Waals surface area contributed by atoms with Gasteiger partial charge in [0.1, 0.15) is 11.6 Å². The predicted molar refractivity (Wildman–Crippen MR) is 108 cm³/mol. The molecule has 0 fully saturated rings. The number of amides is 1. The lowest BCUT2D eigenvalue weighted by Gasteiger charge is -2.09. The quantitative estimate of drug-likeness (QED) is 0.684. The molecule has 1 aromatic heterocycles. The van der Waals surface area contributed by atoms with Crippen LogP contribution in [-0.4, -0.2) is 18.0 Å². The van der Waals surface area contributed by atoms with Crippen molar-refractivity contribution in [2.75, 3.05) is 12.4 Å². The number of methoxy groups -OCH3 is 1. The Labute approximate surface area is 159 Å². The van der Waals surface area contributed by atoms with Crippen LogP contribution in [0, 0.1) is 13.8 Å². The van der Waals surface area contributed by atoms with Gasteiger partial charge in [0.05, 0.1) is 12.7 Å². The molecule has 1 amide bonds. The summed E-state index contributed by atoms with van der Waals surface area (Å²) in [4.78, 5) is 16.6. The van der Waals surface area contributed by atoms with Crippen LogP contribution < -0.4 is 15.4 Å². The summed E-state index contributed by atoms with van der Waals surface area (Å²) in [6.45, 7) is 4.56. The summed E-state index contributed by atoms with van der Waals surface area (Å²) < 4.78 is 5.13. The fraction of sp³-hybridized carbons (Fsp3) is 0.182. The average Bonchev–Trinajstić information content (AvgIpc) is 2.66. The van der Waals surface area contributed by atoms with Gasteiger partial charge in [0.25, 0.3) is 5.91 Å². The first-order valence-electron chi connectivity index (χ1n) is 8.76. The highest BCUT2D eigenvalue weighted by Gasteiger charge is 2.07. The molecule has 0 saturated carbocycles. The van der Waals surface area contributed by atoms with Gasteiger partial charge in [-0.15, -0.1) is 0 Å². The number of nitrogens with zero attached hydrogens (tertiary/aromatic N) is 1. The molecule has 0 bridgehead atoms. The fourth-order valence-corrected chi connectivity index (χ4v) is 2.82. The maximum Gasteiger partial charge on any atom is 0.253 e. The zero-order valence-corrected chi connectivity index (χ0v) is 15.7. The highest BCUT2D eigenvalue weighted by atomic mass is 16.5. The number of ether oxygens (including phenoxy) is 1. The molecular weight excluding hydrogens is 338 g/mol. The summed E-state index contributed by atoms with van der Waals surface area (Å²) in [5, 5.41) is 6.16. The minimum atomic E-state index is -0.156. The molecular formula is C22H23N3O2. The van der Waals surface area contributed by atoms with Gasteiger partial charge < -0.3 is 15.4 Å². The van der Waals surface area contributed by atoms with E-state index in [1.165, 1.54) is 11.1 Å². The second-order valence-corrected chi connectivity index (χ2v) is 6.46. The van der Waals surface area contributed by atoms with E-state index in [1.807, 2.05) is 24.3 Å². The molecule has 1 heterocycles. The van der Waals surface area contributed by atoms with Crippen LogP contribution in [0.4, 0.5) is 11.5 Å². The second-order valence-electron chi connectivity index (χ2n) is 6.46. The van der Waals surface area contributed by atoms with Crippen LogP contribution in [0.25, 0.3) is 0 Å². The molecule has 138 valence electrons. The molecule has 3 rings (SSSR count). The first-order valence-corrected chi connectivity index (χ1v) is 8.76. The van der Waals surface area contributed by atoms with Gasteiger partial charge in [-0.2, -0.15) is 0 Å². The summed E-state index contributed by atoms with van der Waals surface area (Å²) in [5.41, 5.74) is 4.88. The van der Waals surface area contributed by atoms with Gasteiger partial charge in [0.2, 0.25) is 0 Å². The molecule has 0 unspecified atom stereocenters. The number of rotatable bonds is 6. The Morgan fingerprint density at radius 2 is 1.70 bits per heavy atom. The van der Waals surface area contributed by atoms with Crippen molar-refractivity contribution in [2.45, 2.75) is 20.4 Å². The number of pyridine rings is 1. The second kappa shape index (κ2) is 8.36. The Morgan fingerprint density at radius 3 is 2.30 bits per heavy atom. The molecule has 0 aliphatic rings. The summed E-state index contributed by atoms with van der Waals surface area (Å²) in [6.07, 6.45) is 1.58. The molecule has 0 spiro atoms. The van der Waals surface area contributed by atoms with E-state index >= 15 is 0 Å². The number of aryl methyl sites for hydroxylation is 2. The number of nitrogens with one attached hydrogen (secondary N) is 2. The Bertz CT molecular complexity index is 899. The molecule has 2 aromatic carbocycles. The SMILES string of the molecule is COc1ccc(CNC(=O)c2ccc(Nc3cc(C)cc(C)c3)nc2)cc1. The third-order valence-electron chi connectivity index (χ3n) is 4.13. The Kier molecular flexibility index (Phi) is 5.71. The van der Waals surface area contributed by atoms with Crippen molar-refractivity contribution in [1.29, 1.82) is 0 Å². The Balaban J connectivity index is 1.59. The summed E-state index contributed by atoms with van der Waals surface area (Å²) in [5.74, 6) is 1.34. The van der Waals surface area contributed by atoms with E-state index in [0.717, 1.165) is 17.0 Å². The van der Waals surface area contributed by atoms with E-state index < -0.39 is 0 Å². The number of benzene rings is 2. The lowest BCUT2D eigenvalue weighted by Crippen LogP contribution is -2.22. The number of carbonyl (C=O) groups excluding carboxylic acids is 1. The van der Waals surface area contributed by atoms with Crippen molar-refractivity contribution < 1.29 is 9.53 Å². The molecule has 0 aliphatic carbocycles. The van der Waals surface area contributed by atoms with Gasteiger partial charge >= 0.3 is 0 Å². The molecule has 5 nitrogen and oxygen atoms in total. The smallest absolute Gasteiger partial charge is 0.253 e. The van der Waals surface area contributed by atoms with Gasteiger partial charge in [0, 0.05) is 18.4 Å². The highest BCUT2D eigenvalue weighted by Crippen LogP contribution is 2.18. The zero-order chi connectivity index (χ0) is 19.2. The lowest BCUT2D eigenvalue weighted by atomic mass is 10.1. The molecule has 5 heteroatoms. The maximum atomic E-state index is 12.3. The van der Waals surface area contributed by atoms with Gasteiger partial charge in [-0.1, -0.05) is 18.2 Å². The number of hydrogen-bond donors (Lipinski definition) is 2. The van der Waals surface area contributed by atoms with Crippen molar-refractivity contribution in [3.05, 3.63) is 83.0 Å². The van der Waals surface area contributed by atoms with Crippen LogP contribution >= 0.6 is 0 Å². The normalized spacial score (nSPS) is 10.3. The largest absolute Gasteiger partial charge is 0.497 e. The number of hydrogen-bond acceptors (Lipinski definition) is 4. The van der Waals surface area contributed by atoms with Gasteiger partial charge in [-0.05, 0) is 66.9 Å². The molecule has 27 heavy (non-hydrogen) atoms. The third-order valence-corrected chi connectivity index (χ3v) is 4.13. The number of carbonyl (C=O) groups is 1. The van der Waals surface area contributed by atoms with E-state index in [0.29, 0.717) is 17.9 Å². The van der Waals surface area contributed by atoms with Crippen molar-refractivity contribution in [1.82, 2.24) is 10.3 Å². The van der Waals surface area contributed by atoms with E-state index in [4.69, 9.17) is 4.74 Å². The average molecular weight is 361 g/mol. The molecule has 0 saturated heterocycles. The lowest BCUT2D eigenvalue weighted by molar-refractivity contribution is 0.0950. The van der Waals surface area contributed by atoms with Crippen LogP contribution in [0.15, 0.2) is 60.8 Å². The number of aromatic nitrogens is 1. The molecule has 0 radical (unpaired) electrons. The standard InChI is InChI=1S/C22H23N3O2/c1-15-10-16(2)12-19(11-15)25-21-9-6-18(14-23-21)22(26)24-13-17-4-7-20(27-3)8-5-17/h4-12,14H,13H2,1-3H3,(H,23,25)(H,24,26). The first-order chi connectivity index (χ1) is 13.0. The van der Waals surface area contributed by atoms with Crippen molar-refractivity contribution in [3.8, 4) is 5.75 Å². The monoisotopic (exact) mass is 361 g/mol. The molecule has 0 atom stereocenters. The van der Waals surface area contributed by atoms with Crippen molar-refractivity contribution >= 4 is 17.4 Å². The first kappa shape index (κ1) is 18.5. The number of anilines is 2. The Morgan fingerprint density at radius 1 is 1.00 bits per heavy atom. The van der Waals surface area contributed by atoms with Crippen LogP contribution in [0.5, 0.6) is 5.75 Å². The molecule has 2 N–H and O–H groups in total. The van der Waals surface area contributed by atoms with Gasteiger partial charge in [-0.3, -0.25) is 4.79 Å². The Hall–Kier alpha value is -3.34. The fourth-order valence-electron chi connectivity index (χ4n) is 2.82. The summed E-state index contributed by atoms with van der Waals surface area (Å²) >= 11 is 0. The minimum Gasteiger partial charge on any atom is -0.497 e. The summed E-state index contributed by atoms with van der Waals surface area (Å²) in [7, 11) is 1.63. The van der Waals surface area contributed by atoms with Crippen LogP contribution in [-0.2, 0) is 6.54 Å². The van der Waals surface area contributed by atoms with E-state index in [-0.39, 0.29) is 5.91 Å². The van der Waals surface area contributed by atoms with Crippen LogP contribution in [0.2, 0.25) is 0 Å². The minimum absolute atomic E-state index is 0.156. The third kappa shape index (κ3) is 5.07. The summed E-state index contributed by atoms with van der Waals surface area (Å²) in [6, 6.07) is 17.4. The maximum absolute atomic E-state index is 12.3. The molecule has 3 aromatic rings.